The van der Waals surface area contributed by atoms with Crippen LogP contribution in [0.5, 0.6) is 0 Å². The molecule has 2 bridgehead atoms. The van der Waals surface area contributed by atoms with Crippen LogP contribution in [0.4, 0.5) is 5.00 Å². The molecule has 0 aliphatic heterocycles. The van der Waals surface area contributed by atoms with Gasteiger partial charge in [-0.15, -0.1) is 11.3 Å². The number of hydrogen-bond donors (Lipinski definition) is 2. The number of fused-ring (bicyclic) bond motifs is 2. The van der Waals surface area contributed by atoms with Crippen LogP contribution in [-0.4, -0.2) is 11.8 Å². The Balaban J connectivity index is 1.79. The molecule has 0 radical (unpaired) electrons. The van der Waals surface area contributed by atoms with Gasteiger partial charge in [0.05, 0.1) is 5.56 Å². The fourth-order valence-corrected chi connectivity index (χ4v) is 4.85. The molecule has 5 heteroatoms. The molecule has 2 amide bonds. The maximum atomic E-state index is 12.4. The highest BCUT2D eigenvalue weighted by Crippen LogP contribution is 2.48. The monoisotopic (exact) mass is 292 g/mol. The Morgan fingerprint density at radius 3 is 2.55 bits per heavy atom. The Labute approximate surface area is 122 Å². The molecule has 2 saturated carbocycles. The fraction of sp³-hybridized carbons (Fsp3) is 0.600. The summed E-state index contributed by atoms with van der Waals surface area (Å²) in [6, 6.07) is 0. The lowest BCUT2D eigenvalue weighted by atomic mass is 9.88. The van der Waals surface area contributed by atoms with E-state index in [-0.39, 0.29) is 11.8 Å². The van der Waals surface area contributed by atoms with Crippen LogP contribution in [0.3, 0.4) is 0 Å². The number of carbonyl (C=O) groups excluding carboxylic acids is 2. The highest BCUT2D eigenvalue weighted by atomic mass is 32.1. The van der Waals surface area contributed by atoms with Crippen molar-refractivity contribution >= 4 is 28.2 Å². The molecule has 2 fully saturated rings. The first kappa shape index (κ1) is 13.6. The summed E-state index contributed by atoms with van der Waals surface area (Å²) in [5.74, 6) is 1.01. The van der Waals surface area contributed by atoms with Crippen LogP contribution in [0.2, 0.25) is 0 Å². The number of aryl methyl sites for hydroxylation is 1. The second-order valence-electron chi connectivity index (χ2n) is 6.12. The molecular formula is C15H20N2O2S. The van der Waals surface area contributed by atoms with Crippen LogP contribution < -0.4 is 11.1 Å². The van der Waals surface area contributed by atoms with Crippen molar-refractivity contribution in [2.24, 2.45) is 23.5 Å². The van der Waals surface area contributed by atoms with Crippen LogP contribution in [0.1, 0.15) is 46.5 Å². The molecule has 3 N–H and O–H groups in total. The van der Waals surface area contributed by atoms with Gasteiger partial charge in [0.25, 0.3) is 5.91 Å². The summed E-state index contributed by atoms with van der Waals surface area (Å²) in [5, 5.41) is 3.58. The minimum absolute atomic E-state index is 0.0703. The van der Waals surface area contributed by atoms with E-state index in [0.717, 1.165) is 22.8 Å². The molecular weight excluding hydrogens is 272 g/mol. The topological polar surface area (TPSA) is 72.2 Å². The molecule has 0 aromatic carbocycles. The molecule has 1 heterocycles. The third-order valence-corrected chi connectivity index (χ3v) is 6.07. The van der Waals surface area contributed by atoms with E-state index in [4.69, 9.17) is 5.73 Å². The van der Waals surface area contributed by atoms with Crippen LogP contribution in [-0.2, 0) is 4.79 Å². The third-order valence-electron chi connectivity index (χ3n) is 4.94. The van der Waals surface area contributed by atoms with Crippen molar-refractivity contribution in [1.29, 1.82) is 0 Å². The second-order valence-corrected chi connectivity index (χ2v) is 7.35. The van der Waals surface area contributed by atoms with Crippen molar-refractivity contribution in [3.63, 3.8) is 0 Å². The number of anilines is 1. The molecule has 0 spiro atoms. The van der Waals surface area contributed by atoms with E-state index >= 15 is 0 Å². The van der Waals surface area contributed by atoms with Gasteiger partial charge >= 0.3 is 0 Å². The molecule has 1 aromatic heterocycles. The van der Waals surface area contributed by atoms with Crippen molar-refractivity contribution in [3.05, 3.63) is 16.0 Å². The van der Waals surface area contributed by atoms with Gasteiger partial charge in [-0.3, -0.25) is 9.59 Å². The molecule has 3 atom stereocenters. The van der Waals surface area contributed by atoms with Crippen molar-refractivity contribution in [2.45, 2.75) is 39.5 Å². The van der Waals surface area contributed by atoms with E-state index in [2.05, 4.69) is 5.32 Å². The minimum Gasteiger partial charge on any atom is -0.365 e. The van der Waals surface area contributed by atoms with E-state index in [1.807, 2.05) is 13.8 Å². The van der Waals surface area contributed by atoms with Gasteiger partial charge in [0.2, 0.25) is 5.91 Å². The average molecular weight is 292 g/mol. The van der Waals surface area contributed by atoms with Gasteiger partial charge < -0.3 is 11.1 Å². The van der Waals surface area contributed by atoms with E-state index in [9.17, 15) is 9.59 Å². The predicted octanol–water partition coefficient (Wildman–Crippen LogP) is 2.84. The van der Waals surface area contributed by atoms with Crippen LogP contribution in [0.25, 0.3) is 0 Å². The fourth-order valence-electron chi connectivity index (χ4n) is 3.78. The zero-order valence-electron chi connectivity index (χ0n) is 11.9. The highest BCUT2D eigenvalue weighted by molar-refractivity contribution is 7.16. The number of thiophene rings is 1. The smallest absolute Gasteiger partial charge is 0.251 e. The molecule has 20 heavy (non-hydrogen) atoms. The van der Waals surface area contributed by atoms with Crippen molar-refractivity contribution < 1.29 is 9.59 Å². The molecule has 2 aliphatic carbocycles. The molecule has 2 aliphatic rings. The Morgan fingerprint density at radius 2 is 2.00 bits per heavy atom. The summed E-state index contributed by atoms with van der Waals surface area (Å²) in [5.41, 5.74) is 6.79. The van der Waals surface area contributed by atoms with Gasteiger partial charge in [0.15, 0.2) is 0 Å². The van der Waals surface area contributed by atoms with Crippen molar-refractivity contribution in [2.75, 3.05) is 5.32 Å². The normalized spacial score (nSPS) is 27.8. The maximum absolute atomic E-state index is 12.4. The molecule has 0 saturated heterocycles. The third kappa shape index (κ3) is 2.14. The zero-order chi connectivity index (χ0) is 14.4. The van der Waals surface area contributed by atoms with Crippen molar-refractivity contribution in [3.8, 4) is 0 Å². The molecule has 1 aromatic rings. The summed E-state index contributed by atoms with van der Waals surface area (Å²) >= 11 is 1.44. The SMILES string of the molecule is Cc1sc(NC(=O)[C@H]2C[C@H]3CC[C@H]2C3)c(C(N)=O)c1C. The molecule has 3 rings (SSSR count). The molecule has 4 nitrogen and oxygen atoms in total. The van der Waals surface area contributed by atoms with E-state index in [0.29, 0.717) is 16.5 Å². The first-order valence-corrected chi connectivity index (χ1v) is 7.99. The summed E-state index contributed by atoms with van der Waals surface area (Å²) in [6.45, 7) is 3.82. The first-order chi connectivity index (χ1) is 9.47. The minimum atomic E-state index is -0.463. The van der Waals surface area contributed by atoms with Crippen LogP contribution in [0, 0.1) is 31.6 Å². The lowest BCUT2D eigenvalue weighted by Gasteiger charge is -2.20. The Morgan fingerprint density at radius 1 is 1.25 bits per heavy atom. The van der Waals surface area contributed by atoms with Gasteiger partial charge in [-0.1, -0.05) is 6.42 Å². The molecule has 0 unspecified atom stereocenters. The summed E-state index contributed by atoms with van der Waals surface area (Å²) in [7, 11) is 0. The van der Waals surface area contributed by atoms with Gasteiger partial charge in [0.1, 0.15) is 5.00 Å². The zero-order valence-corrected chi connectivity index (χ0v) is 12.7. The average Bonchev–Trinajstić information content (AvgIpc) is 3.05. The lowest BCUT2D eigenvalue weighted by Crippen LogP contribution is -2.27. The van der Waals surface area contributed by atoms with Gasteiger partial charge in [-0.25, -0.2) is 0 Å². The number of amides is 2. The Bertz CT molecular complexity index is 579. The standard InChI is InChI=1S/C15H20N2O2S/c1-7-8(2)20-15(12(7)13(16)18)17-14(19)11-6-9-3-4-10(11)5-9/h9-11H,3-6H2,1-2H3,(H2,16,18)(H,17,19)/t9-,10-,11-/m0/s1. The van der Waals surface area contributed by atoms with Gasteiger partial charge in [-0.05, 0) is 50.5 Å². The summed E-state index contributed by atoms with van der Waals surface area (Å²) < 4.78 is 0. The lowest BCUT2D eigenvalue weighted by molar-refractivity contribution is -0.121. The van der Waals surface area contributed by atoms with Crippen LogP contribution >= 0.6 is 11.3 Å². The van der Waals surface area contributed by atoms with Crippen LogP contribution in [0.15, 0.2) is 0 Å². The maximum Gasteiger partial charge on any atom is 0.251 e. The van der Waals surface area contributed by atoms with E-state index in [1.165, 1.54) is 30.6 Å². The summed E-state index contributed by atoms with van der Waals surface area (Å²) in [6.07, 6.45) is 4.65. The van der Waals surface area contributed by atoms with Crippen molar-refractivity contribution in [1.82, 2.24) is 0 Å². The van der Waals surface area contributed by atoms with E-state index < -0.39 is 5.91 Å². The quantitative estimate of drug-likeness (QED) is 0.899. The van der Waals surface area contributed by atoms with E-state index in [1.54, 1.807) is 0 Å². The Kier molecular flexibility index (Phi) is 3.32. The summed E-state index contributed by atoms with van der Waals surface area (Å²) in [4.78, 5) is 25.0. The number of primary amides is 1. The second kappa shape index (κ2) is 4.88. The first-order valence-electron chi connectivity index (χ1n) is 7.18. The largest absolute Gasteiger partial charge is 0.365 e. The number of nitrogens with one attached hydrogen (secondary N) is 1. The number of nitrogens with two attached hydrogens (primary N) is 1. The highest BCUT2D eigenvalue weighted by Gasteiger charge is 2.43. The number of hydrogen-bond acceptors (Lipinski definition) is 3. The van der Waals surface area contributed by atoms with Gasteiger partial charge in [-0.2, -0.15) is 0 Å². The number of carbonyl (C=O) groups is 2. The predicted molar refractivity (Wildman–Crippen MR) is 79.9 cm³/mol. The van der Waals surface area contributed by atoms with Gasteiger partial charge in [0, 0.05) is 10.8 Å². The Hall–Kier alpha value is -1.36. The number of rotatable bonds is 3. The molecule has 108 valence electrons.